The van der Waals surface area contributed by atoms with Gasteiger partial charge in [0.15, 0.2) is 6.10 Å². The van der Waals surface area contributed by atoms with E-state index >= 15 is 0 Å². The summed E-state index contributed by atoms with van der Waals surface area (Å²) in [6.45, 7) is 2.60. The lowest BCUT2D eigenvalue weighted by atomic mass is 10.2. The average molecular weight is 286 g/mol. The second-order valence-electron chi connectivity index (χ2n) is 6.03. The van der Waals surface area contributed by atoms with Crippen LogP contribution in [0.5, 0.6) is 0 Å². The molecule has 0 saturated carbocycles. The third kappa shape index (κ3) is 11.7. The van der Waals surface area contributed by atoms with Crippen molar-refractivity contribution in [1.82, 2.24) is 0 Å². The summed E-state index contributed by atoms with van der Waals surface area (Å²) in [5, 5.41) is 8.85. The summed E-state index contributed by atoms with van der Waals surface area (Å²) >= 11 is 0. The first kappa shape index (κ1) is 18.6. The van der Waals surface area contributed by atoms with Gasteiger partial charge in [-0.25, -0.2) is 4.79 Å². The molecule has 5 nitrogen and oxygen atoms in total. The third-order valence-corrected chi connectivity index (χ3v) is 2.66. The van der Waals surface area contributed by atoms with Gasteiger partial charge in [0, 0.05) is 6.08 Å². The van der Waals surface area contributed by atoms with Gasteiger partial charge in [-0.1, -0.05) is 25.8 Å². The highest BCUT2D eigenvalue weighted by atomic mass is 16.5. The fourth-order valence-electron chi connectivity index (χ4n) is 1.84. The highest BCUT2D eigenvalue weighted by Gasteiger charge is 2.23. The van der Waals surface area contributed by atoms with Gasteiger partial charge in [-0.2, -0.15) is 0 Å². The minimum Gasteiger partial charge on any atom is -0.481 e. The fourth-order valence-corrected chi connectivity index (χ4v) is 1.84. The van der Waals surface area contributed by atoms with E-state index in [9.17, 15) is 9.59 Å². The van der Waals surface area contributed by atoms with Crippen LogP contribution in [0.1, 0.15) is 39.0 Å². The number of aliphatic carboxylic acids is 1. The van der Waals surface area contributed by atoms with E-state index in [4.69, 9.17) is 9.84 Å². The van der Waals surface area contributed by atoms with Crippen LogP contribution in [0.25, 0.3) is 0 Å². The molecule has 0 rings (SSSR count). The highest BCUT2D eigenvalue weighted by Crippen LogP contribution is 2.06. The van der Waals surface area contributed by atoms with Gasteiger partial charge in [0.2, 0.25) is 0 Å². The first-order valence-electron chi connectivity index (χ1n) is 7.14. The van der Waals surface area contributed by atoms with Crippen LogP contribution < -0.4 is 0 Å². The standard InChI is InChI=1S/C15H27NO4/c1-5-6-7-8-9-10-15(19)20-13(11-14(17)18)12-16(2,3)4/h9-10,13H,5-8,11-12H2,1-4H3/p+1/b10-9+/t13-/m1/s1. The van der Waals surface area contributed by atoms with Crippen molar-refractivity contribution in [3.63, 3.8) is 0 Å². The second kappa shape index (κ2) is 9.53. The van der Waals surface area contributed by atoms with Crippen molar-refractivity contribution in [3.8, 4) is 0 Å². The van der Waals surface area contributed by atoms with Crippen molar-refractivity contribution in [2.24, 2.45) is 0 Å². The van der Waals surface area contributed by atoms with Crippen molar-refractivity contribution in [1.29, 1.82) is 0 Å². The Balaban J connectivity index is 4.27. The summed E-state index contributed by atoms with van der Waals surface area (Å²) in [6.07, 6.45) is 6.62. The predicted octanol–water partition coefficient (Wildman–Crippen LogP) is 2.22. The molecule has 0 spiro atoms. The van der Waals surface area contributed by atoms with Crippen LogP contribution >= 0.6 is 0 Å². The predicted molar refractivity (Wildman–Crippen MR) is 78.3 cm³/mol. The summed E-state index contributed by atoms with van der Waals surface area (Å²) in [5.74, 6) is -1.41. The maximum absolute atomic E-state index is 11.6. The largest absolute Gasteiger partial charge is 0.481 e. The molecule has 0 saturated heterocycles. The normalized spacial score (nSPS) is 13.4. The lowest BCUT2D eigenvalue weighted by Gasteiger charge is -2.28. The second-order valence-corrected chi connectivity index (χ2v) is 6.03. The SMILES string of the molecule is CCCCC/C=C/C(=O)O[C@H](CC(=O)O)C[N+](C)(C)C. The van der Waals surface area contributed by atoms with Crippen LogP contribution in [0.3, 0.4) is 0 Å². The fraction of sp³-hybridized carbons (Fsp3) is 0.733. The Labute approximate surface area is 121 Å². The van der Waals surface area contributed by atoms with Crippen LogP contribution in [-0.4, -0.2) is 55.3 Å². The first-order valence-corrected chi connectivity index (χ1v) is 7.14. The molecule has 116 valence electrons. The average Bonchev–Trinajstić information content (AvgIpc) is 2.25. The van der Waals surface area contributed by atoms with Crippen molar-refractivity contribution in [2.45, 2.75) is 45.1 Å². The van der Waals surface area contributed by atoms with Gasteiger partial charge < -0.3 is 14.3 Å². The Morgan fingerprint density at radius 1 is 1.25 bits per heavy atom. The topological polar surface area (TPSA) is 63.6 Å². The smallest absolute Gasteiger partial charge is 0.330 e. The summed E-state index contributed by atoms with van der Waals surface area (Å²) in [6, 6.07) is 0. The zero-order valence-corrected chi connectivity index (χ0v) is 13.1. The molecule has 0 aliphatic heterocycles. The summed E-state index contributed by atoms with van der Waals surface area (Å²) in [7, 11) is 5.80. The summed E-state index contributed by atoms with van der Waals surface area (Å²) < 4.78 is 5.77. The van der Waals surface area contributed by atoms with Gasteiger partial charge in [-0.3, -0.25) is 4.79 Å². The van der Waals surface area contributed by atoms with Gasteiger partial charge in [0.05, 0.1) is 27.6 Å². The summed E-state index contributed by atoms with van der Waals surface area (Å²) in [4.78, 5) is 22.4. The van der Waals surface area contributed by atoms with Crippen LogP contribution in [0, 0.1) is 0 Å². The van der Waals surface area contributed by atoms with Gasteiger partial charge in [-0.15, -0.1) is 0 Å². The number of hydrogen-bond donors (Lipinski definition) is 1. The quantitative estimate of drug-likeness (QED) is 0.289. The van der Waals surface area contributed by atoms with Crippen molar-refractivity contribution in [3.05, 3.63) is 12.2 Å². The molecule has 1 atom stereocenters. The Bertz CT molecular complexity index is 331. The maximum atomic E-state index is 11.6. The Hall–Kier alpha value is -1.36. The lowest BCUT2D eigenvalue weighted by Crippen LogP contribution is -2.43. The molecule has 0 radical (unpaired) electrons. The van der Waals surface area contributed by atoms with E-state index in [0.29, 0.717) is 11.0 Å². The zero-order chi connectivity index (χ0) is 15.6. The van der Waals surface area contributed by atoms with E-state index < -0.39 is 18.0 Å². The van der Waals surface area contributed by atoms with Crippen LogP contribution in [0.4, 0.5) is 0 Å². The maximum Gasteiger partial charge on any atom is 0.330 e. The van der Waals surface area contributed by atoms with Crippen molar-refractivity contribution < 1.29 is 23.9 Å². The molecule has 20 heavy (non-hydrogen) atoms. The monoisotopic (exact) mass is 286 g/mol. The molecular weight excluding hydrogens is 258 g/mol. The lowest BCUT2D eigenvalue weighted by molar-refractivity contribution is -0.873. The number of carbonyl (C=O) groups is 2. The number of carbonyl (C=O) groups excluding carboxylic acids is 1. The van der Waals surface area contributed by atoms with E-state index in [1.165, 1.54) is 6.08 Å². The van der Waals surface area contributed by atoms with Crippen LogP contribution in [0.2, 0.25) is 0 Å². The number of carboxylic acid groups (broad SMARTS) is 1. The molecule has 5 heteroatoms. The minimum absolute atomic E-state index is 0.162. The molecule has 0 aromatic carbocycles. The van der Waals surface area contributed by atoms with Crippen LogP contribution in [0.15, 0.2) is 12.2 Å². The third-order valence-electron chi connectivity index (χ3n) is 2.66. The number of hydrogen-bond acceptors (Lipinski definition) is 3. The Kier molecular flexibility index (Phi) is 8.88. The number of unbranched alkanes of at least 4 members (excludes halogenated alkanes) is 3. The zero-order valence-electron chi connectivity index (χ0n) is 13.1. The molecule has 0 heterocycles. The molecule has 0 aliphatic carbocycles. The minimum atomic E-state index is -0.955. The first-order chi connectivity index (χ1) is 9.24. The van der Waals surface area contributed by atoms with E-state index in [0.717, 1.165) is 25.7 Å². The van der Waals surface area contributed by atoms with Crippen LogP contribution in [-0.2, 0) is 14.3 Å². The highest BCUT2D eigenvalue weighted by molar-refractivity contribution is 5.82. The number of nitrogens with zero attached hydrogens (tertiary/aromatic N) is 1. The van der Waals surface area contributed by atoms with E-state index in [1.807, 2.05) is 21.1 Å². The van der Waals surface area contributed by atoms with E-state index in [1.54, 1.807) is 6.08 Å². The molecule has 0 amide bonds. The Morgan fingerprint density at radius 2 is 1.90 bits per heavy atom. The summed E-state index contributed by atoms with van der Waals surface area (Å²) in [5.41, 5.74) is 0. The van der Waals surface area contributed by atoms with Crippen molar-refractivity contribution in [2.75, 3.05) is 27.7 Å². The number of rotatable bonds is 10. The number of esters is 1. The molecule has 0 unspecified atom stereocenters. The van der Waals surface area contributed by atoms with E-state index in [2.05, 4.69) is 6.92 Å². The number of quaternary nitrogens is 1. The van der Waals surface area contributed by atoms with Gasteiger partial charge in [0.25, 0.3) is 0 Å². The number of carboxylic acids is 1. The van der Waals surface area contributed by atoms with Gasteiger partial charge in [0.1, 0.15) is 6.54 Å². The molecule has 0 aromatic heterocycles. The Morgan fingerprint density at radius 3 is 2.40 bits per heavy atom. The van der Waals surface area contributed by atoms with Gasteiger partial charge >= 0.3 is 11.9 Å². The molecular formula is C15H28NO4+. The molecule has 0 fully saturated rings. The van der Waals surface area contributed by atoms with E-state index in [-0.39, 0.29) is 6.42 Å². The van der Waals surface area contributed by atoms with Crippen molar-refractivity contribution >= 4 is 11.9 Å². The number of ether oxygens (including phenoxy) is 1. The molecule has 0 aliphatic rings. The van der Waals surface area contributed by atoms with Gasteiger partial charge in [-0.05, 0) is 12.8 Å². The molecule has 0 aromatic rings. The molecule has 1 N–H and O–H groups in total. The number of allylic oxidation sites excluding steroid dienone is 1. The number of likely N-dealkylation sites (N-methyl/N-ethyl adjacent to an activating group) is 1. The molecule has 0 bridgehead atoms.